The number of nitrogens with one attached hydrogen (secondary N) is 1. The van der Waals surface area contributed by atoms with Gasteiger partial charge < -0.3 is 9.84 Å². The van der Waals surface area contributed by atoms with E-state index in [1.54, 1.807) is 0 Å². The largest absolute Gasteiger partial charge is 0.495 e. The lowest BCUT2D eigenvalue weighted by atomic mass is 10.2. The van der Waals surface area contributed by atoms with Crippen LogP contribution in [0.3, 0.4) is 0 Å². The Morgan fingerprint density at radius 3 is 2.52 bits per heavy atom. The minimum Gasteiger partial charge on any atom is -0.495 e. The first-order chi connectivity index (χ1) is 9.94. The zero-order valence-corrected chi connectivity index (χ0v) is 12.5. The zero-order chi connectivity index (χ0) is 15.5. The third kappa shape index (κ3) is 3.64. The lowest BCUT2D eigenvalue weighted by molar-refractivity contribution is 0.0697. The van der Waals surface area contributed by atoms with Gasteiger partial charge in [0, 0.05) is 13.1 Å². The number of hydrogen-bond donors (Lipinski definition) is 2. The fourth-order valence-corrected chi connectivity index (χ4v) is 3.53. The van der Waals surface area contributed by atoms with Crippen LogP contribution in [0.5, 0.6) is 5.75 Å². The van der Waals surface area contributed by atoms with Crippen LogP contribution in [0, 0.1) is 0 Å². The molecule has 0 saturated carbocycles. The van der Waals surface area contributed by atoms with Crippen LogP contribution < -0.4 is 9.46 Å². The molecule has 2 N–H and O–H groups in total. The van der Waals surface area contributed by atoms with Crippen LogP contribution in [0.1, 0.15) is 29.6 Å². The summed E-state index contributed by atoms with van der Waals surface area (Å²) in [6.45, 7) is 0.937. The van der Waals surface area contributed by atoms with Gasteiger partial charge in [0.25, 0.3) is 0 Å². The van der Waals surface area contributed by atoms with Gasteiger partial charge in [0.15, 0.2) is 0 Å². The van der Waals surface area contributed by atoms with E-state index in [0.29, 0.717) is 13.1 Å². The molecule has 0 unspecified atom stereocenters. The van der Waals surface area contributed by atoms with Crippen LogP contribution in [-0.4, -0.2) is 44.0 Å². The number of ether oxygens (including phenoxy) is 1. The predicted octanol–water partition coefficient (Wildman–Crippen LogP) is 1.54. The van der Waals surface area contributed by atoms with Gasteiger partial charge in [-0.15, -0.1) is 0 Å². The highest BCUT2D eigenvalue weighted by atomic mass is 32.2. The summed E-state index contributed by atoms with van der Waals surface area (Å²) in [5.74, 6) is -0.850. The van der Waals surface area contributed by atoms with Crippen LogP contribution >= 0.6 is 0 Å². The maximum atomic E-state index is 12.3. The molecule has 1 saturated heterocycles. The molecule has 0 aromatic heterocycles. The molecule has 1 aromatic rings. The van der Waals surface area contributed by atoms with Crippen LogP contribution in [0.4, 0.5) is 5.69 Å². The first kappa shape index (κ1) is 15.6. The average molecular weight is 314 g/mol. The molecule has 1 fully saturated rings. The highest BCUT2D eigenvalue weighted by molar-refractivity contribution is 7.90. The van der Waals surface area contributed by atoms with Gasteiger partial charge in [-0.05, 0) is 31.0 Å². The maximum Gasteiger partial charge on any atom is 0.335 e. The zero-order valence-electron chi connectivity index (χ0n) is 11.7. The first-order valence-corrected chi connectivity index (χ1v) is 8.07. The molecular weight excluding hydrogens is 296 g/mol. The normalized spacial score (nSPS) is 16.4. The Labute approximate surface area is 123 Å². The summed E-state index contributed by atoms with van der Waals surface area (Å²) in [5.41, 5.74) is 0.120. The molecule has 0 atom stereocenters. The first-order valence-electron chi connectivity index (χ1n) is 6.63. The highest BCUT2D eigenvalue weighted by Gasteiger charge is 2.25. The Kier molecular flexibility index (Phi) is 4.69. The van der Waals surface area contributed by atoms with Gasteiger partial charge in [-0.2, -0.15) is 12.7 Å². The van der Waals surface area contributed by atoms with Gasteiger partial charge in [0.1, 0.15) is 5.75 Å². The molecule has 1 aromatic carbocycles. The number of carboxylic acids is 1. The second kappa shape index (κ2) is 6.31. The number of piperidine rings is 1. The summed E-state index contributed by atoms with van der Waals surface area (Å²) in [7, 11) is -2.30. The van der Waals surface area contributed by atoms with Gasteiger partial charge in [-0.1, -0.05) is 6.42 Å². The lowest BCUT2D eigenvalue weighted by Gasteiger charge is -2.26. The Hall–Kier alpha value is -1.80. The SMILES string of the molecule is COc1ccc(C(=O)O)cc1NS(=O)(=O)N1CCCCC1. The van der Waals surface area contributed by atoms with Crippen molar-refractivity contribution >= 4 is 21.9 Å². The second-order valence-corrected chi connectivity index (χ2v) is 6.46. The van der Waals surface area contributed by atoms with Gasteiger partial charge in [0.05, 0.1) is 18.4 Å². The van der Waals surface area contributed by atoms with E-state index in [0.717, 1.165) is 19.3 Å². The summed E-state index contributed by atoms with van der Waals surface area (Å²) < 4.78 is 33.5. The van der Waals surface area contributed by atoms with Gasteiger partial charge in [-0.25, -0.2) is 4.79 Å². The fraction of sp³-hybridized carbons (Fsp3) is 0.462. The van der Waals surface area contributed by atoms with Crippen molar-refractivity contribution in [3.63, 3.8) is 0 Å². The fourth-order valence-electron chi connectivity index (χ4n) is 2.23. The van der Waals surface area contributed by atoms with Gasteiger partial charge in [0.2, 0.25) is 0 Å². The minimum atomic E-state index is -3.70. The summed E-state index contributed by atoms with van der Waals surface area (Å²) in [5, 5.41) is 8.99. The second-order valence-electron chi connectivity index (χ2n) is 4.79. The lowest BCUT2D eigenvalue weighted by Crippen LogP contribution is -2.39. The third-order valence-electron chi connectivity index (χ3n) is 3.34. The van der Waals surface area contributed by atoms with E-state index in [2.05, 4.69) is 4.72 Å². The maximum absolute atomic E-state index is 12.3. The minimum absolute atomic E-state index is 0.00727. The number of rotatable bonds is 5. The Bertz CT molecular complexity index is 623. The van der Waals surface area contributed by atoms with Crippen LogP contribution in [0.15, 0.2) is 18.2 Å². The van der Waals surface area contributed by atoms with Crippen LogP contribution in [-0.2, 0) is 10.2 Å². The molecule has 0 bridgehead atoms. The number of benzene rings is 1. The molecule has 8 heteroatoms. The van der Waals surface area contributed by atoms with E-state index in [-0.39, 0.29) is 17.0 Å². The summed E-state index contributed by atoms with van der Waals surface area (Å²) in [6, 6.07) is 4.04. The average Bonchev–Trinajstić information content (AvgIpc) is 2.47. The van der Waals surface area contributed by atoms with Crippen LogP contribution in [0.2, 0.25) is 0 Å². The van der Waals surface area contributed by atoms with E-state index in [4.69, 9.17) is 9.84 Å². The number of hydrogen-bond acceptors (Lipinski definition) is 4. The van der Waals surface area contributed by atoms with E-state index in [9.17, 15) is 13.2 Å². The predicted molar refractivity (Wildman–Crippen MR) is 77.9 cm³/mol. The molecule has 7 nitrogen and oxygen atoms in total. The van der Waals surface area contributed by atoms with Gasteiger partial charge >= 0.3 is 16.2 Å². The molecule has 0 amide bonds. The topological polar surface area (TPSA) is 95.9 Å². The molecule has 0 spiro atoms. The standard InChI is InChI=1S/C13H18N2O5S/c1-20-12-6-5-10(13(16)17)9-11(12)14-21(18,19)15-7-3-2-4-8-15/h5-6,9,14H,2-4,7-8H2,1H3,(H,16,17). The molecule has 116 valence electrons. The molecule has 1 aliphatic heterocycles. The molecule has 21 heavy (non-hydrogen) atoms. The number of carboxylic acid groups (broad SMARTS) is 1. The van der Waals surface area contributed by atoms with E-state index < -0.39 is 16.2 Å². The number of aromatic carboxylic acids is 1. The van der Waals surface area contributed by atoms with Crippen molar-refractivity contribution in [2.45, 2.75) is 19.3 Å². The number of anilines is 1. The molecule has 0 aliphatic carbocycles. The smallest absolute Gasteiger partial charge is 0.335 e. The van der Waals surface area contributed by atoms with Gasteiger partial charge in [-0.3, -0.25) is 4.72 Å². The Morgan fingerprint density at radius 1 is 1.29 bits per heavy atom. The molecule has 2 rings (SSSR count). The van der Waals surface area contributed by atoms with Crippen molar-refractivity contribution in [1.29, 1.82) is 0 Å². The summed E-state index contributed by atoms with van der Waals surface area (Å²) in [4.78, 5) is 11.0. The molecule has 1 heterocycles. The van der Waals surface area contributed by atoms with Crippen molar-refractivity contribution in [2.75, 3.05) is 24.9 Å². The van der Waals surface area contributed by atoms with E-state index >= 15 is 0 Å². The summed E-state index contributed by atoms with van der Waals surface area (Å²) in [6.07, 6.45) is 2.67. The van der Waals surface area contributed by atoms with Crippen molar-refractivity contribution in [1.82, 2.24) is 4.31 Å². The molecule has 0 radical (unpaired) electrons. The quantitative estimate of drug-likeness (QED) is 0.859. The van der Waals surface area contributed by atoms with Crippen molar-refractivity contribution < 1.29 is 23.1 Å². The van der Waals surface area contributed by atoms with Crippen molar-refractivity contribution in [3.8, 4) is 5.75 Å². The monoisotopic (exact) mass is 314 g/mol. The Morgan fingerprint density at radius 2 is 1.95 bits per heavy atom. The number of methoxy groups -OCH3 is 1. The number of nitrogens with zero attached hydrogens (tertiary/aromatic N) is 1. The molecule has 1 aliphatic rings. The van der Waals surface area contributed by atoms with Crippen molar-refractivity contribution in [2.24, 2.45) is 0 Å². The Balaban J connectivity index is 2.28. The third-order valence-corrected chi connectivity index (χ3v) is 4.86. The van der Waals surface area contributed by atoms with Crippen molar-refractivity contribution in [3.05, 3.63) is 23.8 Å². The summed E-state index contributed by atoms with van der Waals surface area (Å²) >= 11 is 0. The van der Waals surface area contributed by atoms with Crippen LogP contribution in [0.25, 0.3) is 0 Å². The highest BCUT2D eigenvalue weighted by Crippen LogP contribution is 2.27. The van der Waals surface area contributed by atoms with E-state index in [1.807, 2.05) is 0 Å². The number of carbonyl (C=O) groups is 1. The molecular formula is C13H18N2O5S. The van der Waals surface area contributed by atoms with E-state index in [1.165, 1.54) is 29.6 Å².